The van der Waals surface area contributed by atoms with E-state index in [1.807, 2.05) is 24.5 Å². The summed E-state index contributed by atoms with van der Waals surface area (Å²) in [7, 11) is 0. The number of amides is 1. The van der Waals surface area contributed by atoms with Gasteiger partial charge in [-0.1, -0.05) is 19.4 Å². The van der Waals surface area contributed by atoms with E-state index in [-0.39, 0.29) is 5.91 Å². The number of nitriles is 1. The number of benzene rings is 2. The van der Waals surface area contributed by atoms with Crippen molar-refractivity contribution in [2.24, 2.45) is 0 Å². The second kappa shape index (κ2) is 9.36. The van der Waals surface area contributed by atoms with E-state index >= 15 is 0 Å². The molecule has 0 bridgehead atoms. The minimum Gasteiger partial charge on any atom is -0.464 e. The predicted molar refractivity (Wildman–Crippen MR) is 123 cm³/mol. The molecule has 5 heteroatoms. The van der Waals surface area contributed by atoms with Crippen molar-refractivity contribution >= 4 is 22.6 Å². The molecule has 2 aromatic carbocycles. The number of rotatable bonds is 6. The Balaban J connectivity index is 1.49. The van der Waals surface area contributed by atoms with Crippen LogP contribution in [0.25, 0.3) is 11.0 Å². The summed E-state index contributed by atoms with van der Waals surface area (Å²) in [5.74, 6) is 0.254. The summed E-state index contributed by atoms with van der Waals surface area (Å²) in [6.45, 7) is 6.81. The van der Waals surface area contributed by atoms with Crippen LogP contribution in [0.2, 0.25) is 0 Å². The van der Waals surface area contributed by atoms with Crippen LogP contribution in [0, 0.1) is 11.3 Å². The molecule has 1 amide bonds. The number of nitrogens with zero attached hydrogens (tertiary/aromatic N) is 2. The molecular weight excluding hydrogens is 386 g/mol. The maximum Gasteiger partial charge on any atom is 0.255 e. The van der Waals surface area contributed by atoms with E-state index in [1.54, 1.807) is 24.3 Å². The molecule has 1 fully saturated rings. The van der Waals surface area contributed by atoms with Gasteiger partial charge in [0.2, 0.25) is 0 Å². The molecule has 1 N–H and O–H groups in total. The first-order valence-corrected chi connectivity index (χ1v) is 11.2. The number of piperidine rings is 1. The second-order valence-electron chi connectivity index (χ2n) is 8.50. The first-order valence-electron chi connectivity index (χ1n) is 11.2. The normalized spacial score (nSPS) is 16.2. The molecule has 31 heavy (non-hydrogen) atoms. The van der Waals surface area contributed by atoms with Crippen molar-refractivity contribution in [2.45, 2.75) is 51.5 Å². The summed E-state index contributed by atoms with van der Waals surface area (Å²) in [5, 5.41) is 13.1. The van der Waals surface area contributed by atoms with Gasteiger partial charge in [0.1, 0.15) is 5.58 Å². The van der Waals surface area contributed by atoms with Crippen molar-refractivity contribution in [3.05, 3.63) is 65.4 Å². The van der Waals surface area contributed by atoms with Gasteiger partial charge in [0, 0.05) is 28.2 Å². The number of carbonyl (C=O) groups is 1. The highest BCUT2D eigenvalue weighted by Gasteiger charge is 2.25. The smallest absolute Gasteiger partial charge is 0.255 e. The van der Waals surface area contributed by atoms with Gasteiger partial charge in [-0.15, -0.1) is 0 Å². The molecule has 0 radical (unpaired) electrons. The predicted octanol–water partition coefficient (Wildman–Crippen LogP) is 5.92. The maximum atomic E-state index is 12.6. The standard InChI is InChI=1S/C26H29N3O2/c1-3-5-18(2)29-12-10-20(11-13-29)24-17-31-25-9-8-22(15-23(24)25)28-26(30)21-7-4-6-19(14-21)16-27/h4,6-9,14-15,17-18,20H,3,5,10-13H2,1-2H3,(H,28,30). The minimum absolute atomic E-state index is 0.222. The molecule has 4 rings (SSSR count). The number of nitrogens with one attached hydrogen (secondary N) is 1. The summed E-state index contributed by atoms with van der Waals surface area (Å²) in [4.78, 5) is 15.2. The van der Waals surface area contributed by atoms with Crippen LogP contribution >= 0.6 is 0 Å². The van der Waals surface area contributed by atoms with Crippen molar-refractivity contribution < 1.29 is 9.21 Å². The third kappa shape index (κ3) is 4.65. The lowest BCUT2D eigenvalue weighted by Crippen LogP contribution is -2.39. The quantitative estimate of drug-likeness (QED) is 0.542. The Morgan fingerprint density at radius 3 is 2.81 bits per heavy atom. The molecular formula is C26H29N3O2. The molecule has 2 heterocycles. The lowest BCUT2D eigenvalue weighted by atomic mass is 9.88. The Morgan fingerprint density at radius 1 is 1.26 bits per heavy atom. The highest BCUT2D eigenvalue weighted by atomic mass is 16.3. The van der Waals surface area contributed by atoms with Crippen LogP contribution in [0.4, 0.5) is 5.69 Å². The van der Waals surface area contributed by atoms with Crippen LogP contribution in [0.15, 0.2) is 53.1 Å². The van der Waals surface area contributed by atoms with Gasteiger partial charge in [-0.3, -0.25) is 4.79 Å². The molecule has 0 aliphatic carbocycles. The molecule has 5 nitrogen and oxygen atoms in total. The van der Waals surface area contributed by atoms with Gasteiger partial charge in [-0.25, -0.2) is 0 Å². The van der Waals surface area contributed by atoms with E-state index in [9.17, 15) is 4.79 Å². The molecule has 1 atom stereocenters. The summed E-state index contributed by atoms with van der Waals surface area (Å²) in [6.07, 6.45) is 6.62. The summed E-state index contributed by atoms with van der Waals surface area (Å²) >= 11 is 0. The van der Waals surface area contributed by atoms with Crippen molar-refractivity contribution in [1.82, 2.24) is 4.90 Å². The van der Waals surface area contributed by atoms with Gasteiger partial charge in [0.05, 0.1) is 17.9 Å². The number of hydrogen-bond donors (Lipinski definition) is 1. The first-order chi connectivity index (χ1) is 15.1. The van der Waals surface area contributed by atoms with Gasteiger partial charge in [0.15, 0.2) is 0 Å². The van der Waals surface area contributed by atoms with Crippen molar-refractivity contribution in [3.8, 4) is 6.07 Å². The summed E-state index contributed by atoms with van der Waals surface area (Å²) in [6, 6.07) is 15.2. The van der Waals surface area contributed by atoms with Crippen molar-refractivity contribution in [3.63, 3.8) is 0 Å². The molecule has 1 aliphatic heterocycles. The summed E-state index contributed by atoms with van der Waals surface area (Å²) < 4.78 is 5.83. The van der Waals surface area contributed by atoms with Gasteiger partial charge < -0.3 is 14.6 Å². The van der Waals surface area contributed by atoms with Crippen molar-refractivity contribution in [1.29, 1.82) is 5.26 Å². The lowest BCUT2D eigenvalue weighted by Gasteiger charge is -2.36. The third-order valence-corrected chi connectivity index (χ3v) is 6.41. The number of carbonyl (C=O) groups excluding carboxylic acids is 1. The van der Waals surface area contributed by atoms with E-state index in [0.717, 1.165) is 42.6 Å². The van der Waals surface area contributed by atoms with Crippen LogP contribution in [-0.4, -0.2) is 29.9 Å². The fraction of sp³-hybridized carbons (Fsp3) is 0.385. The molecule has 160 valence electrons. The molecule has 3 aromatic rings. The monoisotopic (exact) mass is 415 g/mol. The zero-order valence-electron chi connectivity index (χ0n) is 18.2. The van der Waals surface area contributed by atoms with E-state index in [4.69, 9.17) is 9.68 Å². The average molecular weight is 416 g/mol. The molecule has 1 aromatic heterocycles. The average Bonchev–Trinajstić information content (AvgIpc) is 3.22. The Morgan fingerprint density at radius 2 is 2.06 bits per heavy atom. The number of anilines is 1. The zero-order chi connectivity index (χ0) is 21.8. The molecule has 0 spiro atoms. The van der Waals surface area contributed by atoms with Crippen LogP contribution in [0.3, 0.4) is 0 Å². The topological polar surface area (TPSA) is 69.3 Å². The molecule has 0 saturated carbocycles. The van der Waals surface area contributed by atoms with Gasteiger partial charge in [-0.2, -0.15) is 5.26 Å². The van der Waals surface area contributed by atoms with Crippen LogP contribution < -0.4 is 5.32 Å². The SMILES string of the molecule is CCCC(C)N1CCC(c2coc3ccc(NC(=O)c4cccc(C#N)c4)cc23)CC1. The Kier molecular flexibility index (Phi) is 6.39. The van der Waals surface area contributed by atoms with E-state index in [0.29, 0.717) is 23.1 Å². The lowest BCUT2D eigenvalue weighted by molar-refractivity contribution is 0.102. The largest absolute Gasteiger partial charge is 0.464 e. The number of fused-ring (bicyclic) bond motifs is 1. The Hall–Kier alpha value is -3.10. The number of likely N-dealkylation sites (tertiary alicyclic amines) is 1. The highest BCUT2D eigenvalue weighted by molar-refractivity contribution is 6.05. The van der Waals surface area contributed by atoms with Crippen LogP contribution in [0.1, 0.15) is 66.9 Å². The first kappa shape index (κ1) is 21.1. The summed E-state index contributed by atoms with van der Waals surface area (Å²) in [5.41, 5.74) is 3.76. The highest BCUT2D eigenvalue weighted by Crippen LogP contribution is 2.36. The van der Waals surface area contributed by atoms with Crippen LogP contribution in [0.5, 0.6) is 0 Å². The van der Waals surface area contributed by atoms with E-state index in [2.05, 4.69) is 30.1 Å². The number of furan rings is 1. The zero-order valence-corrected chi connectivity index (χ0v) is 18.2. The third-order valence-electron chi connectivity index (χ3n) is 6.41. The second-order valence-corrected chi connectivity index (χ2v) is 8.50. The van der Waals surface area contributed by atoms with Crippen molar-refractivity contribution in [2.75, 3.05) is 18.4 Å². The Labute approximate surface area is 183 Å². The fourth-order valence-electron chi connectivity index (χ4n) is 4.63. The Bertz CT molecular complexity index is 1100. The van der Waals surface area contributed by atoms with E-state index < -0.39 is 0 Å². The molecule has 1 aliphatic rings. The van der Waals surface area contributed by atoms with E-state index in [1.165, 1.54) is 18.4 Å². The van der Waals surface area contributed by atoms with Gasteiger partial charge in [-0.05, 0) is 81.6 Å². The molecule has 1 saturated heterocycles. The maximum absolute atomic E-state index is 12.6. The van der Waals surface area contributed by atoms with Gasteiger partial charge in [0.25, 0.3) is 5.91 Å². The van der Waals surface area contributed by atoms with Crippen LogP contribution in [-0.2, 0) is 0 Å². The number of hydrogen-bond acceptors (Lipinski definition) is 4. The molecule has 1 unspecified atom stereocenters. The van der Waals surface area contributed by atoms with Gasteiger partial charge >= 0.3 is 0 Å². The minimum atomic E-state index is -0.222. The fourth-order valence-corrected chi connectivity index (χ4v) is 4.63.